The van der Waals surface area contributed by atoms with Crippen LogP contribution >= 0.6 is 0 Å². The molecule has 0 atom stereocenters. The van der Waals surface area contributed by atoms with Crippen molar-refractivity contribution in [2.24, 2.45) is 5.73 Å². The van der Waals surface area contributed by atoms with E-state index in [0.717, 1.165) is 6.07 Å². The molecule has 2 aromatic rings. The predicted molar refractivity (Wildman–Crippen MR) is 67.4 cm³/mol. The third-order valence-electron chi connectivity index (χ3n) is 2.58. The zero-order valence-electron chi connectivity index (χ0n) is 9.97. The number of primary amides is 1. The summed E-state index contributed by atoms with van der Waals surface area (Å²) in [5, 5.41) is 9.51. The number of phenolic OH excluding ortho intramolecular Hbond substituents is 1. The van der Waals surface area contributed by atoms with Crippen molar-refractivity contribution in [2.45, 2.75) is 6.61 Å². The van der Waals surface area contributed by atoms with Crippen molar-refractivity contribution in [3.8, 4) is 11.5 Å². The summed E-state index contributed by atoms with van der Waals surface area (Å²) in [4.78, 5) is 11.0. The second-order valence-corrected chi connectivity index (χ2v) is 3.93. The third kappa shape index (κ3) is 3.01. The van der Waals surface area contributed by atoms with E-state index in [1.165, 1.54) is 18.2 Å². The first kappa shape index (κ1) is 12.9. The summed E-state index contributed by atoms with van der Waals surface area (Å²) in [6, 6.07) is 10.2. The average Bonchev–Trinajstić information content (AvgIpc) is 2.39. The number of hydrogen-bond acceptors (Lipinski definition) is 3. The summed E-state index contributed by atoms with van der Waals surface area (Å²) < 4.78 is 18.8. The van der Waals surface area contributed by atoms with E-state index in [4.69, 9.17) is 10.5 Å². The number of carbonyl (C=O) groups excluding carboxylic acids is 1. The molecular formula is C14H12FNO3. The maximum atomic E-state index is 13.5. The maximum absolute atomic E-state index is 13.5. The molecule has 0 heterocycles. The van der Waals surface area contributed by atoms with E-state index < -0.39 is 11.7 Å². The number of nitrogens with two attached hydrogens (primary N) is 1. The van der Waals surface area contributed by atoms with Crippen LogP contribution in [0, 0.1) is 5.82 Å². The first-order chi connectivity index (χ1) is 9.08. The number of phenols is 1. The van der Waals surface area contributed by atoms with Gasteiger partial charge >= 0.3 is 0 Å². The molecule has 19 heavy (non-hydrogen) atoms. The van der Waals surface area contributed by atoms with Gasteiger partial charge in [0, 0.05) is 11.1 Å². The van der Waals surface area contributed by atoms with Crippen molar-refractivity contribution in [2.75, 3.05) is 0 Å². The van der Waals surface area contributed by atoms with Gasteiger partial charge < -0.3 is 15.6 Å². The lowest BCUT2D eigenvalue weighted by molar-refractivity contribution is 0.1000. The van der Waals surface area contributed by atoms with Gasteiger partial charge in [0.25, 0.3) is 0 Å². The lowest BCUT2D eigenvalue weighted by Crippen LogP contribution is -2.12. The topological polar surface area (TPSA) is 72.6 Å². The molecule has 0 aliphatic heterocycles. The van der Waals surface area contributed by atoms with E-state index in [0.29, 0.717) is 0 Å². The smallest absolute Gasteiger partial charge is 0.248 e. The molecule has 0 bridgehead atoms. The van der Waals surface area contributed by atoms with Crippen LogP contribution in [-0.4, -0.2) is 11.0 Å². The van der Waals surface area contributed by atoms with Crippen LogP contribution in [0.4, 0.5) is 4.39 Å². The van der Waals surface area contributed by atoms with Crippen molar-refractivity contribution in [3.05, 3.63) is 59.4 Å². The van der Waals surface area contributed by atoms with Crippen LogP contribution in [0.3, 0.4) is 0 Å². The first-order valence-corrected chi connectivity index (χ1v) is 5.57. The SMILES string of the molecule is NC(=O)c1ccc(F)c(COc2ccccc2O)c1. The Kier molecular flexibility index (Phi) is 3.66. The molecule has 4 nitrogen and oxygen atoms in total. The monoisotopic (exact) mass is 261 g/mol. The van der Waals surface area contributed by atoms with Crippen LogP contribution in [-0.2, 0) is 6.61 Å². The van der Waals surface area contributed by atoms with E-state index in [2.05, 4.69) is 0 Å². The zero-order valence-corrected chi connectivity index (χ0v) is 9.97. The van der Waals surface area contributed by atoms with Gasteiger partial charge in [-0.25, -0.2) is 4.39 Å². The second kappa shape index (κ2) is 5.39. The van der Waals surface area contributed by atoms with Crippen LogP contribution in [0.1, 0.15) is 15.9 Å². The number of amides is 1. The van der Waals surface area contributed by atoms with Crippen molar-refractivity contribution >= 4 is 5.91 Å². The molecule has 0 aromatic heterocycles. The summed E-state index contributed by atoms with van der Waals surface area (Å²) in [5.41, 5.74) is 5.52. The number of benzene rings is 2. The van der Waals surface area contributed by atoms with Gasteiger partial charge in [-0.15, -0.1) is 0 Å². The highest BCUT2D eigenvalue weighted by Crippen LogP contribution is 2.25. The summed E-state index contributed by atoms with van der Waals surface area (Å²) in [6.07, 6.45) is 0. The normalized spacial score (nSPS) is 10.2. The number of halogens is 1. The van der Waals surface area contributed by atoms with Gasteiger partial charge in [-0.3, -0.25) is 4.79 Å². The lowest BCUT2D eigenvalue weighted by Gasteiger charge is -2.09. The Morgan fingerprint density at radius 2 is 2.00 bits per heavy atom. The van der Waals surface area contributed by atoms with E-state index in [1.807, 2.05) is 0 Å². The second-order valence-electron chi connectivity index (χ2n) is 3.93. The number of para-hydroxylation sites is 2. The predicted octanol–water partition coefficient (Wildman–Crippen LogP) is 2.21. The van der Waals surface area contributed by atoms with Crippen molar-refractivity contribution < 1.29 is 19.0 Å². The molecule has 0 aliphatic carbocycles. The van der Waals surface area contributed by atoms with Gasteiger partial charge in [-0.2, -0.15) is 0 Å². The van der Waals surface area contributed by atoms with Gasteiger partial charge in [-0.1, -0.05) is 12.1 Å². The van der Waals surface area contributed by atoms with Gasteiger partial charge in [0.2, 0.25) is 5.91 Å². The van der Waals surface area contributed by atoms with E-state index in [-0.39, 0.29) is 29.2 Å². The minimum absolute atomic E-state index is 0.0334. The Hall–Kier alpha value is -2.56. The summed E-state index contributed by atoms with van der Waals surface area (Å²) in [6.45, 7) is -0.107. The van der Waals surface area contributed by atoms with Gasteiger partial charge in [-0.05, 0) is 30.3 Å². The van der Waals surface area contributed by atoms with Crippen molar-refractivity contribution in [3.63, 3.8) is 0 Å². The third-order valence-corrected chi connectivity index (χ3v) is 2.58. The highest BCUT2D eigenvalue weighted by molar-refractivity contribution is 5.92. The molecule has 0 saturated heterocycles. The van der Waals surface area contributed by atoms with Crippen LogP contribution < -0.4 is 10.5 Å². The van der Waals surface area contributed by atoms with Crippen molar-refractivity contribution in [1.29, 1.82) is 0 Å². The molecular weight excluding hydrogens is 249 g/mol. The molecule has 2 rings (SSSR count). The Bertz CT molecular complexity index is 613. The molecule has 98 valence electrons. The average molecular weight is 261 g/mol. The number of rotatable bonds is 4. The Labute approximate surface area is 109 Å². The molecule has 5 heteroatoms. The quantitative estimate of drug-likeness (QED) is 0.886. The summed E-state index contributed by atoms with van der Waals surface area (Å²) in [5.74, 6) is -0.926. The Morgan fingerprint density at radius 1 is 1.26 bits per heavy atom. The fourth-order valence-electron chi connectivity index (χ4n) is 1.57. The van der Waals surface area contributed by atoms with E-state index in [1.54, 1.807) is 18.2 Å². The van der Waals surface area contributed by atoms with Crippen LogP contribution in [0.25, 0.3) is 0 Å². The molecule has 0 saturated carbocycles. The molecule has 0 aliphatic rings. The van der Waals surface area contributed by atoms with Gasteiger partial charge in [0.1, 0.15) is 12.4 Å². The van der Waals surface area contributed by atoms with Crippen molar-refractivity contribution in [1.82, 2.24) is 0 Å². The number of ether oxygens (including phenoxy) is 1. The van der Waals surface area contributed by atoms with Gasteiger partial charge in [0.15, 0.2) is 11.5 Å². The molecule has 0 radical (unpaired) electrons. The largest absolute Gasteiger partial charge is 0.504 e. The first-order valence-electron chi connectivity index (χ1n) is 5.57. The molecule has 0 unspecified atom stereocenters. The maximum Gasteiger partial charge on any atom is 0.248 e. The lowest BCUT2D eigenvalue weighted by atomic mass is 10.1. The standard InChI is InChI=1S/C14H12FNO3/c15-11-6-5-9(14(16)18)7-10(11)8-19-13-4-2-1-3-12(13)17/h1-7,17H,8H2,(H2,16,18). The number of hydrogen-bond donors (Lipinski definition) is 2. The van der Waals surface area contributed by atoms with Crippen LogP contribution in [0.2, 0.25) is 0 Å². The Balaban J connectivity index is 2.17. The number of carbonyl (C=O) groups is 1. The zero-order chi connectivity index (χ0) is 13.8. The van der Waals surface area contributed by atoms with E-state index >= 15 is 0 Å². The fraction of sp³-hybridized carbons (Fsp3) is 0.0714. The molecule has 0 fully saturated rings. The Morgan fingerprint density at radius 3 is 2.68 bits per heavy atom. The molecule has 1 amide bonds. The van der Waals surface area contributed by atoms with E-state index in [9.17, 15) is 14.3 Å². The summed E-state index contributed by atoms with van der Waals surface area (Å²) >= 11 is 0. The summed E-state index contributed by atoms with van der Waals surface area (Å²) in [7, 11) is 0. The fourth-order valence-corrected chi connectivity index (χ4v) is 1.57. The highest BCUT2D eigenvalue weighted by atomic mass is 19.1. The van der Waals surface area contributed by atoms with Gasteiger partial charge in [0.05, 0.1) is 0 Å². The van der Waals surface area contributed by atoms with Crippen LogP contribution in [0.15, 0.2) is 42.5 Å². The molecule has 3 N–H and O–H groups in total. The minimum Gasteiger partial charge on any atom is -0.504 e. The number of aromatic hydroxyl groups is 1. The molecule has 0 spiro atoms. The minimum atomic E-state index is -0.635. The highest BCUT2D eigenvalue weighted by Gasteiger charge is 2.09. The molecule has 2 aromatic carbocycles. The van der Waals surface area contributed by atoms with Crippen LogP contribution in [0.5, 0.6) is 11.5 Å².